The summed E-state index contributed by atoms with van der Waals surface area (Å²) in [5.74, 6) is -0.272. The maximum absolute atomic E-state index is 12.9. The van der Waals surface area contributed by atoms with Crippen LogP contribution in [0, 0.1) is 0 Å². The zero-order valence-corrected chi connectivity index (χ0v) is 17.3. The number of carbonyl (C=O) groups is 1. The molecule has 0 spiro atoms. The number of anilines is 2. The van der Waals surface area contributed by atoms with Crippen molar-refractivity contribution < 1.29 is 4.79 Å². The number of pyridine rings is 1. The third-order valence-corrected chi connectivity index (χ3v) is 6.54. The Balaban J connectivity index is 1.42. The Labute approximate surface area is 180 Å². The molecule has 1 amide bonds. The number of nitrogens with one attached hydrogen (secondary N) is 1. The molecule has 0 fully saturated rings. The molecule has 146 valence electrons. The molecule has 0 saturated carbocycles. The van der Waals surface area contributed by atoms with Crippen molar-refractivity contribution in [2.45, 2.75) is 0 Å². The molecule has 2 aromatic carbocycles. The number of nitrogen functional groups attached to an aromatic ring is 1. The Morgan fingerprint density at radius 2 is 1.50 bits per heavy atom. The number of hydrogen-bond acceptors (Lipinski definition) is 6. The fourth-order valence-corrected chi connectivity index (χ4v) is 4.87. The van der Waals surface area contributed by atoms with Crippen LogP contribution in [-0.4, -0.2) is 15.9 Å². The molecule has 5 nitrogen and oxygen atoms in total. The van der Waals surface area contributed by atoms with Crippen molar-refractivity contribution in [3.05, 3.63) is 83.1 Å². The maximum Gasteiger partial charge on any atom is 0.269 e. The molecule has 30 heavy (non-hydrogen) atoms. The van der Waals surface area contributed by atoms with Crippen molar-refractivity contribution in [1.82, 2.24) is 9.97 Å². The highest BCUT2D eigenvalue weighted by molar-refractivity contribution is 7.21. The van der Waals surface area contributed by atoms with Crippen molar-refractivity contribution in [1.29, 1.82) is 0 Å². The van der Waals surface area contributed by atoms with Gasteiger partial charge in [0.05, 0.1) is 17.1 Å². The van der Waals surface area contributed by atoms with E-state index in [1.165, 1.54) is 22.7 Å². The number of nitrogens with zero attached hydrogens (tertiary/aromatic N) is 2. The first-order chi connectivity index (χ1) is 14.7. The zero-order chi connectivity index (χ0) is 20.5. The maximum atomic E-state index is 12.9. The predicted octanol–water partition coefficient (Wildman–Crippen LogP) is 5.92. The van der Waals surface area contributed by atoms with Crippen LogP contribution >= 0.6 is 22.7 Å². The fourth-order valence-electron chi connectivity index (χ4n) is 3.16. The minimum atomic E-state index is -0.272. The normalized spacial score (nSPS) is 10.9. The van der Waals surface area contributed by atoms with Crippen LogP contribution in [0.3, 0.4) is 0 Å². The van der Waals surface area contributed by atoms with E-state index in [9.17, 15) is 4.79 Å². The molecular weight excluding hydrogens is 412 g/mol. The number of benzene rings is 2. The lowest BCUT2D eigenvalue weighted by molar-refractivity contribution is 0.103. The standard InChI is InChI=1S/C23H16N4OS2/c24-19-16-11-12-17(14-7-3-1-4-8-14)25-22(16)30-20(19)21(28)27-23-26-18(13-29-23)15-9-5-2-6-10-15/h1-13H,24H2,(H,26,27,28). The quantitative estimate of drug-likeness (QED) is 0.372. The summed E-state index contributed by atoms with van der Waals surface area (Å²) >= 11 is 2.68. The van der Waals surface area contributed by atoms with Gasteiger partial charge in [-0.3, -0.25) is 10.1 Å². The summed E-state index contributed by atoms with van der Waals surface area (Å²) in [6, 6.07) is 23.6. The molecule has 0 bridgehead atoms. The minimum absolute atomic E-state index is 0.272. The first-order valence-electron chi connectivity index (χ1n) is 9.26. The van der Waals surface area contributed by atoms with Gasteiger partial charge in [-0.05, 0) is 12.1 Å². The molecule has 0 unspecified atom stereocenters. The molecule has 0 aliphatic heterocycles. The minimum Gasteiger partial charge on any atom is -0.397 e. The molecule has 3 aromatic heterocycles. The average Bonchev–Trinajstić information content (AvgIpc) is 3.39. The largest absolute Gasteiger partial charge is 0.397 e. The number of rotatable bonds is 4. The lowest BCUT2D eigenvalue weighted by Gasteiger charge is -2.01. The second kappa shape index (κ2) is 7.70. The second-order valence-electron chi connectivity index (χ2n) is 6.62. The summed E-state index contributed by atoms with van der Waals surface area (Å²) in [7, 11) is 0. The van der Waals surface area contributed by atoms with E-state index in [2.05, 4.69) is 10.3 Å². The number of amides is 1. The van der Waals surface area contributed by atoms with Crippen LogP contribution in [0.2, 0.25) is 0 Å². The van der Waals surface area contributed by atoms with Crippen LogP contribution in [0.5, 0.6) is 0 Å². The Kier molecular flexibility index (Phi) is 4.74. The second-order valence-corrected chi connectivity index (χ2v) is 8.48. The van der Waals surface area contributed by atoms with Gasteiger partial charge in [-0.1, -0.05) is 60.7 Å². The van der Waals surface area contributed by atoms with Gasteiger partial charge in [0, 0.05) is 21.9 Å². The summed E-state index contributed by atoms with van der Waals surface area (Å²) in [6.45, 7) is 0. The van der Waals surface area contributed by atoms with Crippen LogP contribution in [0.25, 0.3) is 32.7 Å². The SMILES string of the molecule is Nc1c(C(=O)Nc2nc(-c3ccccc3)cs2)sc2nc(-c3ccccc3)ccc12. The molecule has 0 saturated heterocycles. The number of thiophene rings is 1. The van der Waals surface area contributed by atoms with E-state index in [-0.39, 0.29) is 5.91 Å². The molecule has 0 aliphatic carbocycles. The zero-order valence-electron chi connectivity index (χ0n) is 15.7. The lowest BCUT2D eigenvalue weighted by Crippen LogP contribution is -2.11. The number of hydrogen-bond donors (Lipinski definition) is 2. The third kappa shape index (κ3) is 3.45. The first kappa shape index (κ1) is 18.5. The Hall–Kier alpha value is -3.55. The molecule has 7 heteroatoms. The fraction of sp³-hybridized carbons (Fsp3) is 0. The molecular formula is C23H16N4OS2. The topological polar surface area (TPSA) is 80.9 Å². The summed E-state index contributed by atoms with van der Waals surface area (Å²) in [5, 5.41) is 6.11. The molecule has 3 N–H and O–H groups in total. The monoisotopic (exact) mass is 428 g/mol. The van der Waals surface area contributed by atoms with E-state index < -0.39 is 0 Å². The highest BCUT2D eigenvalue weighted by Crippen LogP contribution is 2.35. The number of nitrogens with two attached hydrogens (primary N) is 1. The number of carbonyl (C=O) groups excluding carboxylic acids is 1. The van der Waals surface area contributed by atoms with Gasteiger partial charge in [0.25, 0.3) is 5.91 Å². The van der Waals surface area contributed by atoms with Crippen LogP contribution in [0.15, 0.2) is 78.2 Å². The van der Waals surface area contributed by atoms with Crippen molar-refractivity contribution in [2.24, 2.45) is 0 Å². The summed E-state index contributed by atoms with van der Waals surface area (Å²) in [5.41, 5.74) is 10.4. The van der Waals surface area contributed by atoms with Gasteiger partial charge in [0.2, 0.25) is 0 Å². The Morgan fingerprint density at radius 3 is 2.20 bits per heavy atom. The van der Waals surface area contributed by atoms with Gasteiger partial charge in [-0.2, -0.15) is 0 Å². The highest BCUT2D eigenvalue weighted by Gasteiger charge is 2.19. The van der Waals surface area contributed by atoms with E-state index in [4.69, 9.17) is 10.7 Å². The average molecular weight is 429 g/mol. The Morgan fingerprint density at radius 1 is 0.833 bits per heavy atom. The smallest absolute Gasteiger partial charge is 0.269 e. The van der Waals surface area contributed by atoms with Gasteiger partial charge in [-0.15, -0.1) is 22.7 Å². The predicted molar refractivity (Wildman–Crippen MR) is 125 cm³/mol. The van der Waals surface area contributed by atoms with Crippen LogP contribution in [0.4, 0.5) is 10.8 Å². The van der Waals surface area contributed by atoms with Crippen LogP contribution in [-0.2, 0) is 0 Å². The van der Waals surface area contributed by atoms with Gasteiger partial charge >= 0.3 is 0 Å². The lowest BCUT2D eigenvalue weighted by atomic mass is 10.1. The van der Waals surface area contributed by atoms with E-state index in [1.807, 2.05) is 78.2 Å². The van der Waals surface area contributed by atoms with E-state index >= 15 is 0 Å². The summed E-state index contributed by atoms with van der Waals surface area (Å²) < 4.78 is 0. The number of fused-ring (bicyclic) bond motifs is 1. The van der Waals surface area contributed by atoms with E-state index in [1.54, 1.807) is 0 Å². The molecule has 5 rings (SSSR count). The van der Waals surface area contributed by atoms with Crippen molar-refractivity contribution >= 4 is 49.6 Å². The van der Waals surface area contributed by atoms with Gasteiger partial charge in [0.1, 0.15) is 9.71 Å². The first-order valence-corrected chi connectivity index (χ1v) is 11.0. The van der Waals surface area contributed by atoms with Gasteiger partial charge in [0.15, 0.2) is 5.13 Å². The Bertz CT molecular complexity index is 1340. The summed E-state index contributed by atoms with van der Waals surface area (Å²) in [6.07, 6.45) is 0. The van der Waals surface area contributed by atoms with Crippen molar-refractivity contribution in [2.75, 3.05) is 11.1 Å². The van der Waals surface area contributed by atoms with Gasteiger partial charge < -0.3 is 5.73 Å². The molecule has 0 aliphatic rings. The van der Waals surface area contributed by atoms with Crippen LogP contribution < -0.4 is 11.1 Å². The van der Waals surface area contributed by atoms with E-state index in [0.717, 1.165) is 32.7 Å². The third-order valence-electron chi connectivity index (χ3n) is 4.66. The van der Waals surface area contributed by atoms with Crippen molar-refractivity contribution in [3.8, 4) is 22.5 Å². The molecule has 5 aromatic rings. The molecule has 0 radical (unpaired) electrons. The number of aromatic nitrogens is 2. The molecule has 0 atom stereocenters. The molecule has 3 heterocycles. The highest BCUT2D eigenvalue weighted by atomic mass is 32.1. The van der Waals surface area contributed by atoms with Crippen molar-refractivity contribution in [3.63, 3.8) is 0 Å². The van der Waals surface area contributed by atoms with Gasteiger partial charge in [-0.25, -0.2) is 9.97 Å². The summed E-state index contributed by atoms with van der Waals surface area (Å²) in [4.78, 5) is 23.3. The number of thiazole rings is 1. The van der Waals surface area contributed by atoms with Crippen LogP contribution in [0.1, 0.15) is 9.67 Å². The van der Waals surface area contributed by atoms with E-state index in [0.29, 0.717) is 15.7 Å².